The van der Waals surface area contributed by atoms with Crippen LogP contribution in [0.15, 0.2) is 42.0 Å². The van der Waals surface area contributed by atoms with Gasteiger partial charge in [0.25, 0.3) is 0 Å². The third-order valence-electron chi connectivity index (χ3n) is 3.03. The fourth-order valence-corrected chi connectivity index (χ4v) is 1.87. The van der Waals surface area contributed by atoms with Gasteiger partial charge in [-0.25, -0.2) is 0 Å². The molecule has 0 unspecified atom stereocenters. The molecule has 0 aliphatic heterocycles. The first-order chi connectivity index (χ1) is 8.70. The molecule has 0 fully saturated rings. The standard InChI is InChI=1S/C16H22O2/c1-14(16(17)18)10-6-3-2-4-7-11-15-12-8-5-9-13-15/h5,8-10,12-13H,2-4,6-7,11H2,1H3,(H,17,18)/p-1/b14-10+. The van der Waals surface area contributed by atoms with E-state index in [4.69, 9.17) is 0 Å². The number of carbonyl (C=O) groups excluding carboxylic acids is 1. The molecule has 0 radical (unpaired) electrons. The van der Waals surface area contributed by atoms with Crippen molar-refractivity contribution >= 4 is 5.97 Å². The van der Waals surface area contributed by atoms with Crippen molar-refractivity contribution in [2.24, 2.45) is 0 Å². The molecule has 1 aromatic carbocycles. The van der Waals surface area contributed by atoms with E-state index in [1.165, 1.54) is 18.4 Å². The highest BCUT2D eigenvalue weighted by molar-refractivity contribution is 5.83. The van der Waals surface area contributed by atoms with E-state index in [9.17, 15) is 9.90 Å². The van der Waals surface area contributed by atoms with Crippen molar-refractivity contribution in [3.8, 4) is 0 Å². The van der Waals surface area contributed by atoms with Gasteiger partial charge in [0, 0.05) is 0 Å². The third-order valence-corrected chi connectivity index (χ3v) is 3.03. The number of unbranched alkanes of at least 4 members (excludes halogenated alkanes) is 4. The molecule has 98 valence electrons. The molecule has 0 aromatic heterocycles. The SMILES string of the molecule is C/C(=C\CCCCCCc1ccccc1)C(=O)[O-]. The molecule has 1 rings (SSSR count). The van der Waals surface area contributed by atoms with Gasteiger partial charge in [-0.15, -0.1) is 0 Å². The highest BCUT2D eigenvalue weighted by atomic mass is 16.4. The maximum absolute atomic E-state index is 10.4. The smallest absolute Gasteiger partial charge is 0.0668 e. The molecule has 2 heteroatoms. The first-order valence-corrected chi connectivity index (χ1v) is 6.62. The number of aryl methyl sites for hydroxylation is 1. The van der Waals surface area contributed by atoms with Crippen LogP contribution in [0.5, 0.6) is 0 Å². The van der Waals surface area contributed by atoms with Crippen LogP contribution in [0.2, 0.25) is 0 Å². The van der Waals surface area contributed by atoms with E-state index >= 15 is 0 Å². The molecule has 0 bridgehead atoms. The Bertz CT molecular complexity index is 379. The molecule has 0 atom stereocenters. The number of carboxylic acids is 1. The Morgan fingerprint density at radius 3 is 2.44 bits per heavy atom. The quantitative estimate of drug-likeness (QED) is 0.522. The van der Waals surface area contributed by atoms with Crippen LogP contribution in [0.3, 0.4) is 0 Å². The van der Waals surface area contributed by atoms with Gasteiger partial charge in [-0.05, 0) is 43.7 Å². The van der Waals surface area contributed by atoms with E-state index in [0.717, 1.165) is 25.7 Å². The Hall–Kier alpha value is -1.57. The summed E-state index contributed by atoms with van der Waals surface area (Å²) < 4.78 is 0. The highest BCUT2D eigenvalue weighted by Crippen LogP contribution is 2.09. The number of carboxylic acid groups (broad SMARTS) is 1. The van der Waals surface area contributed by atoms with Crippen LogP contribution < -0.4 is 5.11 Å². The van der Waals surface area contributed by atoms with Gasteiger partial charge in [-0.3, -0.25) is 0 Å². The first kappa shape index (κ1) is 14.5. The molecule has 0 saturated carbocycles. The molecule has 0 aliphatic carbocycles. The second kappa shape index (κ2) is 8.51. The lowest BCUT2D eigenvalue weighted by atomic mass is 10.1. The van der Waals surface area contributed by atoms with E-state index in [0.29, 0.717) is 5.57 Å². The summed E-state index contributed by atoms with van der Waals surface area (Å²) in [4.78, 5) is 10.4. The molecule has 0 spiro atoms. The monoisotopic (exact) mass is 245 g/mol. The van der Waals surface area contributed by atoms with Crippen LogP contribution in [-0.2, 0) is 11.2 Å². The van der Waals surface area contributed by atoms with E-state index in [-0.39, 0.29) is 0 Å². The van der Waals surface area contributed by atoms with Gasteiger partial charge >= 0.3 is 0 Å². The maximum atomic E-state index is 10.4. The summed E-state index contributed by atoms with van der Waals surface area (Å²) in [7, 11) is 0. The van der Waals surface area contributed by atoms with Gasteiger partial charge in [0.2, 0.25) is 0 Å². The minimum absolute atomic E-state index is 0.347. The van der Waals surface area contributed by atoms with Crippen molar-refractivity contribution < 1.29 is 9.90 Å². The van der Waals surface area contributed by atoms with Crippen LogP contribution >= 0.6 is 0 Å². The number of allylic oxidation sites excluding steroid dienone is 1. The summed E-state index contributed by atoms with van der Waals surface area (Å²) in [5.74, 6) is -1.06. The Kier molecular flexibility index (Phi) is 6.85. The van der Waals surface area contributed by atoms with Crippen LogP contribution in [0.4, 0.5) is 0 Å². The zero-order chi connectivity index (χ0) is 13.2. The molecule has 0 saturated heterocycles. The van der Waals surface area contributed by atoms with Crippen molar-refractivity contribution in [1.29, 1.82) is 0 Å². The zero-order valence-electron chi connectivity index (χ0n) is 11.0. The summed E-state index contributed by atoms with van der Waals surface area (Å²) >= 11 is 0. The van der Waals surface area contributed by atoms with Gasteiger partial charge in [-0.2, -0.15) is 0 Å². The molecule has 18 heavy (non-hydrogen) atoms. The highest BCUT2D eigenvalue weighted by Gasteiger charge is 1.93. The lowest BCUT2D eigenvalue weighted by Gasteiger charge is -2.03. The molecular weight excluding hydrogens is 224 g/mol. The molecule has 0 heterocycles. The van der Waals surface area contributed by atoms with Crippen molar-refractivity contribution in [3.63, 3.8) is 0 Å². The average molecular weight is 245 g/mol. The summed E-state index contributed by atoms with van der Waals surface area (Å²) in [5.41, 5.74) is 1.74. The molecule has 1 aromatic rings. The number of hydrogen-bond donors (Lipinski definition) is 0. The predicted octanol–water partition coefficient (Wildman–Crippen LogP) is 2.88. The minimum Gasteiger partial charge on any atom is -0.545 e. The fraction of sp³-hybridized carbons (Fsp3) is 0.438. The molecule has 0 N–H and O–H groups in total. The van der Waals surface area contributed by atoms with E-state index in [1.54, 1.807) is 13.0 Å². The summed E-state index contributed by atoms with van der Waals surface area (Å²) in [6.45, 7) is 1.59. The van der Waals surface area contributed by atoms with Gasteiger partial charge in [0.1, 0.15) is 0 Å². The minimum atomic E-state index is -1.06. The van der Waals surface area contributed by atoms with E-state index in [1.807, 2.05) is 6.07 Å². The first-order valence-electron chi connectivity index (χ1n) is 6.62. The van der Waals surface area contributed by atoms with Crippen LogP contribution in [0.1, 0.15) is 44.6 Å². The lowest BCUT2D eigenvalue weighted by Crippen LogP contribution is -2.22. The van der Waals surface area contributed by atoms with Crippen molar-refractivity contribution in [3.05, 3.63) is 47.5 Å². The second-order valence-electron chi connectivity index (χ2n) is 4.61. The maximum Gasteiger partial charge on any atom is 0.0668 e. The third kappa shape index (κ3) is 6.24. The van der Waals surface area contributed by atoms with E-state index in [2.05, 4.69) is 24.3 Å². The number of benzene rings is 1. The van der Waals surface area contributed by atoms with Crippen molar-refractivity contribution in [2.75, 3.05) is 0 Å². The lowest BCUT2D eigenvalue weighted by molar-refractivity contribution is -0.299. The van der Waals surface area contributed by atoms with Gasteiger partial charge in [-0.1, -0.05) is 49.2 Å². The van der Waals surface area contributed by atoms with Crippen LogP contribution in [0.25, 0.3) is 0 Å². The van der Waals surface area contributed by atoms with E-state index < -0.39 is 5.97 Å². The van der Waals surface area contributed by atoms with Gasteiger partial charge < -0.3 is 9.90 Å². The predicted molar refractivity (Wildman–Crippen MR) is 72.0 cm³/mol. The molecular formula is C16H21O2-. The molecule has 0 amide bonds. The average Bonchev–Trinajstić information content (AvgIpc) is 2.38. The second-order valence-corrected chi connectivity index (χ2v) is 4.61. The van der Waals surface area contributed by atoms with Crippen molar-refractivity contribution in [2.45, 2.75) is 45.4 Å². The number of rotatable bonds is 8. The summed E-state index contributed by atoms with van der Waals surface area (Å²) in [6.07, 6.45) is 8.34. The Labute approximate surface area is 109 Å². The number of aliphatic carboxylic acids is 1. The van der Waals surface area contributed by atoms with Gasteiger partial charge in [0.15, 0.2) is 0 Å². The van der Waals surface area contributed by atoms with Crippen LogP contribution in [-0.4, -0.2) is 5.97 Å². The summed E-state index contributed by atoms with van der Waals surface area (Å²) in [6, 6.07) is 10.5. The Balaban J connectivity index is 2.03. The van der Waals surface area contributed by atoms with Crippen LogP contribution in [0, 0.1) is 0 Å². The Morgan fingerprint density at radius 1 is 1.11 bits per heavy atom. The summed E-state index contributed by atoms with van der Waals surface area (Å²) in [5, 5.41) is 10.4. The van der Waals surface area contributed by atoms with Crippen molar-refractivity contribution in [1.82, 2.24) is 0 Å². The number of hydrogen-bond acceptors (Lipinski definition) is 2. The number of carbonyl (C=O) groups is 1. The molecule has 0 aliphatic rings. The fourth-order valence-electron chi connectivity index (χ4n) is 1.87. The normalized spacial score (nSPS) is 11.5. The topological polar surface area (TPSA) is 40.1 Å². The largest absolute Gasteiger partial charge is 0.545 e. The molecule has 2 nitrogen and oxygen atoms in total. The Morgan fingerprint density at radius 2 is 1.78 bits per heavy atom. The zero-order valence-corrected chi connectivity index (χ0v) is 11.0. The van der Waals surface area contributed by atoms with Gasteiger partial charge in [0.05, 0.1) is 5.97 Å².